The van der Waals surface area contributed by atoms with E-state index in [0.29, 0.717) is 34.6 Å². The molecule has 0 spiro atoms. The number of benzene rings is 2. The third-order valence-electron chi connectivity index (χ3n) is 9.55. The maximum Gasteiger partial charge on any atom is 0.282 e. The van der Waals surface area contributed by atoms with Crippen LogP contribution in [0.2, 0.25) is 0 Å². The van der Waals surface area contributed by atoms with Gasteiger partial charge < -0.3 is 19.9 Å². The highest BCUT2D eigenvalue weighted by Crippen LogP contribution is 2.32. The van der Waals surface area contributed by atoms with E-state index in [4.69, 9.17) is 4.74 Å². The number of likely N-dealkylation sites (tertiary alicyclic amines) is 2. The number of ether oxygens (including phenoxy) is 1. The molecule has 3 fully saturated rings. The van der Waals surface area contributed by atoms with Gasteiger partial charge in [0.1, 0.15) is 22.4 Å². The van der Waals surface area contributed by atoms with E-state index in [1.807, 2.05) is 24.3 Å². The van der Waals surface area contributed by atoms with Crippen LogP contribution >= 0.6 is 15.9 Å². The van der Waals surface area contributed by atoms with E-state index in [1.54, 1.807) is 24.2 Å². The monoisotopic (exact) mass is 731 g/mol. The zero-order valence-electron chi connectivity index (χ0n) is 26.8. The van der Waals surface area contributed by atoms with Gasteiger partial charge in [-0.2, -0.15) is 5.10 Å². The number of hydrogen-bond donors (Lipinski definition) is 2. The van der Waals surface area contributed by atoms with Gasteiger partial charge in [-0.3, -0.25) is 39.0 Å². The largest absolute Gasteiger partial charge is 0.487 e. The van der Waals surface area contributed by atoms with E-state index in [9.17, 15) is 28.8 Å². The van der Waals surface area contributed by atoms with Gasteiger partial charge in [0.15, 0.2) is 0 Å². The summed E-state index contributed by atoms with van der Waals surface area (Å²) in [7, 11) is 3.67. The minimum Gasteiger partial charge on any atom is -0.487 e. The fraction of sp³-hybridized carbons (Fsp3) is 0.382. The molecule has 0 saturated carbocycles. The predicted octanol–water partition coefficient (Wildman–Crippen LogP) is 1.75. The highest BCUT2D eigenvalue weighted by molar-refractivity contribution is 9.10. The summed E-state index contributed by atoms with van der Waals surface area (Å²) in [6.45, 7) is 2.40. The van der Waals surface area contributed by atoms with Crippen molar-refractivity contribution in [1.82, 2.24) is 29.8 Å². The van der Waals surface area contributed by atoms with Crippen LogP contribution in [0.4, 0.5) is 5.69 Å². The molecule has 0 aliphatic carbocycles. The minimum atomic E-state index is -1.04. The number of rotatable bonds is 7. The van der Waals surface area contributed by atoms with Crippen LogP contribution in [0.15, 0.2) is 57.9 Å². The smallest absolute Gasteiger partial charge is 0.282 e. The molecule has 3 aromatic rings. The molecule has 0 radical (unpaired) electrons. The third kappa shape index (κ3) is 6.23. The fourth-order valence-corrected chi connectivity index (χ4v) is 7.45. The minimum absolute atomic E-state index is 0.0479. The molecule has 2 N–H and O–H groups in total. The second kappa shape index (κ2) is 12.9. The maximum atomic E-state index is 13.2. The van der Waals surface area contributed by atoms with Gasteiger partial charge in [-0.05, 0) is 77.6 Å². The molecular formula is C34H34BrN7O7. The van der Waals surface area contributed by atoms with Crippen molar-refractivity contribution in [3.05, 3.63) is 85.7 Å². The Bertz CT molecular complexity index is 1940. The molecule has 3 saturated heterocycles. The molecule has 4 aliphatic heterocycles. The second-order valence-electron chi connectivity index (χ2n) is 13.0. The van der Waals surface area contributed by atoms with Crippen molar-refractivity contribution < 1.29 is 28.7 Å². The number of carbonyl (C=O) groups is 5. The summed E-state index contributed by atoms with van der Waals surface area (Å²) in [5, 5.41) is 9.78. The van der Waals surface area contributed by atoms with Gasteiger partial charge in [0.2, 0.25) is 11.8 Å². The lowest BCUT2D eigenvalue weighted by Gasteiger charge is -2.39. The lowest BCUT2D eigenvalue weighted by atomic mass is 9.87. The molecule has 0 bridgehead atoms. The van der Waals surface area contributed by atoms with Gasteiger partial charge in [0.25, 0.3) is 23.3 Å². The van der Waals surface area contributed by atoms with Crippen molar-refractivity contribution in [3.63, 3.8) is 0 Å². The summed E-state index contributed by atoms with van der Waals surface area (Å²) in [6.07, 6.45) is 2.34. The average Bonchev–Trinajstić information content (AvgIpc) is 3.30. The number of hydrogen-bond acceptors (Lipinski definition) is 10. The molecule has 14 nitrogen and oxygen atoms in total. The number of nitrogens with zero attached hydrogens (tertiary/aromatic N) is 5. The lowest BCUT2D eigenvalue weighted by molar-refractivity contribution is -0.136. The zero-order valence-corrected chi connectivity index (χ0v) is 28.4. The number of halogens is 1. The van der Waals surface area contributed by atoms with Gasteiger partial charge in [-0.1, -0.05) is 12.1 Å². The Morgan fingerprint density at radius 3 is 2.43 bits per heavy atom. The number of piperidine rings is 2. The molecule has 15 heteroatoms. The number of aromatic nitrogens is 2. The van der Waals surface area contributed by atoms with Gasteiger partial charge in [0, 0.05) is 38.2 Å². The summed E-state index contributed by atoms with van der Waals surface area (Å²) in [4.78, 5) is 80.3. The highest BCUT2D eigenvalue weighted by Gasteiger charge is 2.45. The van der Waals surface area contributed by atoms with E-state index in [2.05, 4.69) is 43.6 Å². The second-order valence-corrected chi connectivity index (χ2v) is 13.8. The van der Waals surface area contributed by atoms with Crippen LogP contribution < -0.4 is 20.9 Å². The van der Waals surface area contributed by atoms with Crippen molar-refractivity contribution in [1.29, 1.82) is 0 Å². The number of amides is 5. The Balaban J connectivity index is 0.936. The first-order valence-electron chi connectivity index (χ1n) is 16.0. The number of aryl methyl sites for hydroxylation is 1. The normalized spacial score (nSPS) is 22.9. The molecule has 254 valence electrons. The summed E-state index contributed by atoms with van der Waals surface area (Å²) in [5.41, 5.74) is 2.48. The first-order chi connectivity index (χ1) is 23.5. The van der Waals surface area contributed by atoms with Crippen LogP contribution in [0.25, 0.3) is 0 Å². The first kappa shape index (κ1) is 32.6. The average molecular weight is 733 g/mol. The van der Waals surface area contributed by atoms with Gasteiger partial charge >= 0.3 is 0 Å². The van der Waals surface area contributed by atoms with Gasteiger partial charge in [0.05, 0.1) is 36.1 Å². The first-order valence-corrected chi connectivity index (χ1v) is 16.8. The SMILES string of the molecule is CN1CC(Nc2cnn(C)c(=O)c2Br)CC(c2ccc(C(=O)N3CC(Oc4ccc5c(c4)C(=O)N(C4CCC(=O)NC4=O)C5=O)C3)cc2)C1. The van der Waals surface area contributed by atoms with Crippen LogP contribution in [-0.2, 0) is 16.6 Å². The van der Waals surface area contributed by atoms with Crippen LogP contribution in [0.3, 0.4) is 0 Å². The van der Waals surface area contributed by atoms with Crippen molar-refractivity contribution >= 4 is 51.2 Å². The van der Waals surface area contributed by atoms with E-state index >= 15 is 0 Å². The van der Waals surface area contributed by atoms with Crippen LogP contribution in [0.1, 0.15) is 61.8 Å². The molecule has 2 aromatic carbocycles. The molecular weight excluding hydrogens is 698 g/mol. The molecule has 4 aliphatic rings. The predicted molar refractivity (Wildman–Crippen MR) is 179 cm³/mol. The molecule has 5 heterocycles. The molecule has 7 rings (SSSR count). The zero-order chi connectivity index (χ0) is 34.6. The molecule has 3 unspecified atom stereocenters. The summed E-state index contributed by atoms with van der Waals surface area (Å²) >= 11 is 3.39. The lowest BCUT2D eigenvalue weighted by Crippen LogP contribution is -2.56. The molecule has 1 aromatic heterocycles. The van der Waals surface area contributed by atoms with Gasteiger partial charge in [-0.25, -0.2) is 4.68 Å². The van der Waals surface area contributed by atoms with E-state index in [1.165, 1.54) is 16.8 Å². The van der Waals surface area contributed by atoms with Crippen molar-refractivity contribution in [3.8, 4) is 5.75 Å². The Morgan fingerprint density at radius 2 is 1.69 bits per heavy atom. The Kier molecular flexibility index (Phi) is 8.57. The van der Waals surface area contributed by atoms with Crippen LogP contribution in [-0.4, -0.2) is 105 Å². The summed E-state index contributed by atoms with van der Waals surface area (Å²) in [6, 6.07) is 11.3. The summed E-state index contributed by atoms with van der Waals surface area (Å²) < 4.78 is 7.77. The standard InChI is InChI=1S/C34H34BrN7O7/c1-39-14-20(11-21(15-39)37-26-13-36-40(2)34(48)29(26)35)18-3-5-19(6-4-18)31(45)41-16-23(17-41)49-22-7-8-24-25(12-22)33(47)42(32(24)46)27-9-10-28(43)38-30(27)44/h3-8,12-13,20-21,23,27,37H,9-11,14-17H2,1-2H3,(H,38,43,44). The number of nitrogens with one attached hydrogen (secondary N) is 2. The number of fused-ring (bicyclic) bond motifs is 1. The number of imide groups is 2. The molecule has 49 heavy (non-hydrogen) atoms. The number of likely N-dealkylation sites (N-methyl/N-ethyl adjacent to an activating group) is 1. The maximum absolute atomic E-state index is 13.2. The highest BCUT2D eigenvalue weighted by atomic mass is 79.9. The Hall–Kier alpha value is -4.89. The van der Waals surface area contributed by atoms with Gasteiger partial charge in [-0.15, -0.1) is 0 Å². The number of anilines is 1. The van der Waals surface area contributed by atoms with Crippen LogP contribution in [0, 0.1) is 0 Å². The molecule has 5 amide bonds. The fourth-order valence-electron chi connectivity index (χ4n) is 6.97. The van der Waals surface area contributed by atoms with E-state index < -0.39 is 29.7 Å². The Labute approximate surface area is 289 Å². The number of carbonyl (C=O) groups excluding carboxylic acids is 5. The quantitative estimate of drug-likeness (QED) is 0.343. The Morgan fingerprint density at radius 1 is 0.959 bits per heavy atom. The van der Waals surface area contributed by atoms with E-state index in [-0.39, 0.29) is 53.5 Å². The van der Waals surface area contributed by atoms with Crippen molar-refractivity contribution in [2.75, 3.05) is 38.5 Å². The van der Waals surface area contributed by atoms with Crippen LogP contribution in [0.5, 0.6) is 5.75 Å². The van der Waals surface area contributed by atoms with Crippen molar-refractivity contribution in [2.24, 2.45) is 7.05 Å². The third-order valence-corrected chi connectivity index (χ3v) is 10.3. The summed E-state index contributed by atoms with van der Waals surface area (Å²) in [5.74, 6) is -1.77. The van der Waals surface area contributed by atoms with Crippen molar-refractivity contribution in [2.45, 2.75) is 43.4 Å². The molecule has 3 atom stereocenters. The van der Waals surface area contributed by atoms with E-state index in [0.717, 1.165) is 30.0 Å². The topological polar surface area (TPSA) is 163 Å².